The van der Waals surface area contributed by atoms with Crippen molar-refractivity contribution in [2.24, 2.45) is 5.92 Å². The highest BCUT2D eigenvalue weighted by atomic mass is 16.6. The molecule has 0 heterocycles. The number of benzene rings is 1. The van der Waals surface area contributed by atoms with Gasteiger partial charge in [-0.1, -0.05) is 26.0 Å². The topological polar surface area (TPSA) is 110 Å². The maximum Gasteiger partial charge on any atom is 0.326 e. The normalized spacial score (nSPS) is 12.0. The van der Waals surface area contributed by atoms with Crippen LogP contribution in [-0.2, 0) is 16.0 Å². The van der Waals surface area contributed by atoms with Crippen LogP contribution in [0.5, 0.6) is 0 Å². The Bertz CT molecular complexity index is 557. The molecule has 0 aromatic heterocycles. The Morgan fingerprint density at radius 2 is 2.05 bits per heavy atom. The average Bonchev–Trinajstić information content (AvgIpc) is 2.44. The number of aliphatic carboxylic acids is 1. The second kappa shape index (κ2) is 8.11. The Morgan fingerprint density at radius 1 is 1.36 bits per heavy atom. The number of hydrogen-bond acceptors (Lipinski definition) is 4. The van der Waals surface area contributed by atoms with Crippen molar-refractivity contribution in [2.45, 2.75) is 39.2 Å². The molecule has 1 rings (SSSR count). The molecule has 1 amide bonds. The third-order valence-electron chi connectivity index (χ3n) is 3.10. The standard InChI is InChI=1S/C15H20N2O5/c1-10(2)8-13(15(19)20)16-14(18)7-6-11-4-3-5-12(9-11)17(21)22/h3-5,9-10,13H,6-8H2,1-2H3,(H,16,18)(H,19,20)/t13-/m0/s1. The van der Waals surface area contributed by atoms with Crippen LogP contribution in [0.15, 0.2) is 24.3 Å². The SMILES string of the molecule is CC(C)C[C@H](NC(=O)CCc1cccc([N+](=O)[O-])c1)C(=O)O. The van der Waals surface area contributed by atoms with Gasteiger partial charge in [0.05, 0.1) is 4.92 Å². The Balaban J connectivity index is 2.56. The van der Waals surface area contributed by atoms with Crippen molar-refractivity contribution in [2.75, 3.05) is 0 Å². The van der Waals surface area contributed by atoms with Crippen LogP contribution in [0.1, 0.15) is 32.3 Å². The number of carbonyl (C=O) groups excluding carboxylic acids is 1. The predicted molar refractivity (Wildman–Crippen MR) is 80.4 cm³/mol. The number of rotatable bonds is 8. The lowest BCUT2D eigenvalue weighted by Gasteiger charge is -2.16. The summed E-state index contributed by atoms with van der Waals surface area (Å²) in [5, 5.41) is 22.2. The van der Waals surface area contributed by atoms with Crippen molar-refractivity contribution in [1.82, 2.24) is 5.32 Å². The number of nitrogens with one attached hydrogen (secondary N) is 1. The highest BCUT2D eigenvalue weighted by Gasteiger charge is 2.20. The lowest BCUT2D eigenvalue weighted by Crippen LogP contribution is -2.41. The van der Waals surface area contributed by atoms with E-state index < -0.39 is 16.9 Å². The molecule has 1 aromatic rings. The first kappa shape index (κ1) is 17.6. The van der Waals surface area contributed by atoms with Gasteiger partial charge in [-0.25, -0.2) is 4.79 Å². The van der Waals surface area contributed by atoms with E-state index in [1.54, 1.807) is 12.1 Å². The largest absolute Gasteiger partial charge is 0.480 e. The Morgan fingerprint density at radius 3 is 2.59 bits per heavy atom. The van der Waals surface area contributed by atoms with E-state index in [-0.39, 0.29) is 23.9 Å². The number of carboxylic acid groups (broad SMARTS) is 1. The van der Waals surface area contributed by atoms with Crippen molar-refractivity contribution in [3.05, 3.63) is 39.9 Å². The molecule has 2 N–H and O–H groups in total. The quantitative estimate of drug-likeness (QED) is 0.565. The van der Waals surface area contributed by atoms with Gasteiger partial charge >= 0.3 is 5.97 Å². The van der Waals surface area contributed by atoms with Crippen molar-refractivity contribution in [1.29, 1.82) is 0 Å². The Kier molecular flexibility index (Phi) is 6.49. The van der Waals surface area contributed by atoms with Gasteiger partial charge in [-0.3, -0.25) is 14.9 Å². The molecular weight excluding hydrogens is 288 g/mol. The first-order chi connectivity index (χ1) is 10.3. The molecule has 0 bridgehead atoms. The first-order valence-electron chi connectivity index (χ1n) is 7.05. The molecule has 0 saturated heterocycles. The highest BCUT2D eigenvalue weighted by Crippen LogP contribution is 2.14. The average molecular weight is 308 g/mol. The molecule has 0 spiro atoms. The lowest BCUT2D eigenvalue weighted by molar-refractivity contribution is -0.384. The van der Waals surface area contributed by atoms with Gasteiger partial charge in [0.15, 0.2) is 0 Å². The molecule has 1 aromatic carbocycles. The number of carbonyl (C=O) groups is 2. The van der Waals surface area contributed by atoms with Gasteiger partial charge in [0.25, 0.3) is 5.69 Å². The molecule has 1 atom stereocenters. The van der Waals surface area contributed by atoms with Gasteiger partial charge in [0, 0.05) is 18.6 Å². The van der Waals surface area contributed by atoms with Crippen molar-refractivity contribution >= 4 is 17.6 Å². The van der Waals surface area contributed by atoms with Gasteiger partial charge in [-0.05, 0) is 24.3 Å². The van der Waals surface area contributed by atoms with Gasteiger partial charge < -0.3 is 10.4 Å². The van der Waals surface area contributed by atoms with Crippen LogP contribution >= 0.6 is 0 Å². The third kappa shape index (κ3) is 5.90. The minimum Gasteiger partial charge on any atom is -0.480 e. The monoisotopic (exact) mass is 308 g/mol. The van der Waals surface area contributed by atoms with Crippen LogP contribution < -0.4 is 5.32 Å². The minimum absolute atomic E-state index is 0.0267. The molecule has 0 fully saturated rings. The number of non-ortho nitro benzene ring substituents is 1. The lowest BCUT2D eigenvalue weighted by atomic mass is 10.0. The fraction of sp³-hybridized carbons (Fsp3) is 0.467. The summed E-state index contributed by atoms with van der Waals surface area (Å²) >= 11 is 0. The number of nitro benzene ring substituents is 1. The van der Waals surface area contributed by atoms with Crippen molar-refractivity contribution < 1.29 is 19.6 Å². The number of nitrogens with zero attached hydrogens (tertiary/aromatic N) is 1. The van der Waals surface area contributed by atoms with Gasteiger partial charge in [0.1, 0.15) is 6.04 Å². The van der Waals surface area contributed by atoms with Crippen LogP contribution in [0.25, 0.3) is 0 Å². The van der Waals surface area contributed by atoms with E-state index in [0.29, 0.717) is 18.4 Å². The van der Waals surface area contributed by atoms with E-state index in [1.165, 1.54) is 12.1 Å². The zero-order valence-corrected chi connectivity index (χ0v) is 12.6. The van der Waals surface area contributed by atoms with Crippen LogP contribution in [0.2, 0.25) is 0 Å². The van der Waals surface area contributed by atoms with Gasteiger partial charge in [-0.2, -0.15) is 0 Å². The van der Waals surface area contributed by atoms with E-state index in [1.807, 2.05) is 13.8 Å². The summed E-state index contributed by atoms with van der Waals surface area (Å²) in [6, 6.07) is 5.15. The molecule has 120 valence electrons. The second-order valence-electron chi connectivity index (χ2n) is 5.51. The zero-order valence-electron chi connectivity index (χ0n) is 12.6. The Labute approximate surface area is 128 Å². The molecule has 0 saturated carbocycles. The molecule has 0 aliphatic carbocycles. The number of carboxylic acids is 1. The molecule has 0 aliphatic rings. The number of amides is 1. The smallest absolute Gasteiger partial charge is 0.326 e. The summed E-state index contributed by atoms with van der Waals surface area (Å²) < 4.78 is 0. The van der Waals surface area contributed by atoms with Crippen molar-refractivity contribution in [3.8, 4) is 0 Å². The molecule has 0 aliphatic heterocycles. The van der Waals surface area contributed by atoms with Gasteiger partial charge in [-0.15, -0.1) is 0 Å². The summed E-state index contributed by atoms with van der Waals surface area (Å²) in [7, 11) is 0. The summed E-state index contributed by atoms with van der Waals surface area (Å²) in [4.78, 5) is 33.1. The van der Waals surface area contributed by atoms with E-state index in [9.17, 15) is 19.7 Å². The molecular formula is C15H20N2O5. The molecule has 0 radical (unpaired) electrons. The van der Waals surface area contributed by atoms with E-state index in [4.69, 9.17) is 5.11 Å². The Hall–Kier alpha value is -2.44. The maximum atomic E-state index is 11.8. The first-order valence-corrected chi connectivity index (χ1v) is 7.05. The minimum atomic E-state index is -1.06. The van der Waals surface area contributed by atoms with E-state index in [2.05, 4.69) is 5.32 Å². The highest BCUT2D eigenvalue weighted by molar-refractivity contribution is 5.83. The second-order valence-corrected chi connectivity index (χ2v) is 5.51. The predicted octanol–water partition coefficient (Wildman–Crippen LogP) is 2.14. The summed E-state index contributed by atoms with van der Waals surface area (Å²) in [6.07, 6.45) is 0.766. The van der Waals surface area contributed by atoms with Crippen LogP contribution in [-0.4, -0.2) is 27.9 Å². The number of nitro groups is 1. The molecule has 22 heavy (non-hydrogen) atoms. The van der Waals surface area contributed by atoms with E-state index >= 15 is 0 Å². The molecule has 7 heteroatoms. The third-order valence-corrected chi connectivity index (χ3v) is 3.10. The summed E-state index contributed by atoms with van der Waals surface area (Å²) in [6.45, 7) is 3.76. The maximum absolute atomic E-state index is 11.8. The molecule has 7 nitrogen and oxygen atoms in total. The summed E-state index contributed by atoms with van der Waals surface area (Å²) in [5.41, 5.74) is 0.640. The van der Waals surface area contributed by atoms with Crippen LogP contribution in [0, 0.1) is 16.0 Å². The van der Waals surface area contributed by atoms with Crippen molar-refractivity contribution in [3.63, 3.8) is 0 Å². The van der Waals surface area contributed by atoms with Gasteiger partial charge in [0.2, 0.25) is 5.91 Å². The number of aryl methyl sites for hydroxylation is 1. The molecule has 0 unspecified atom stereocenters. The summed E-state index contributed by atoms with van der Waals surface area (Å²) in [5.74, 6) is -1.28. The zero-order chi connectivity index (χ0) is 16.7. The fourth-order valence-corrected chi connectivity index (χ4v) is 2.04. The number of hydrogen-bond donors (Lipinski definition) is 2. The van der Waals surface area contributed by atoms with E-state index in [0.717, 1.165) is 0 Å². The fourth-order valence-electron chi connectivity index (χ4n) is 2.04. The van der Waals surface area contributed by atoms with Crippen LogP contribution in [0.4, 0.5) is 5.69 Å². The van der Waals surface area contributed by atoms with Crippen LogP contribution in [0.3, 0.4) is 0 Å².